The molecular formula is C25H26N4O4S. The normalized spacial score (nSPS) is 17.0. The zero-order valence-corrected chi connectivity index (χ0v) is 20.1. The maximum Gasteiger partial charge on any atom is 0.338 e. The molecular weight excluding hydrogens is 452 g/mol. The number of hydrogen-bond acceptors (Lipinski definition) is 8. The number of fused-ring (bicyclic) bond motifs is 1. The number of allylic oxidation sites excluding steroid dienone is 1. The third-order valence-electron chi connectivity index (χ3n) is 5.59. The van der Waals surface area contributed by atoms with Crippen molar-refractivity contribution in [3.63, 3.8) is 0 Å². The number of hydrogen-bond donors (Lipinski definition) is 1. The number of amidine groups is 1. The lowest BCUT2D eigenvalue weighted by atomic mass is 9.92. The number of aliphatic imine (C=N–C) groups is 1. The summed E-state index contributed by atoms with van der Waals surface area (Å²) in [6.45, 7) is 2.35. The first-order valence-corrected chi connectivity index (χ1v) is 11.8. The smallest absolute Gasteiger partial charge is 0.338 e. The Morgan fingerprint density at radius 3 is 2.76 bits per heavy atom. The van der Waals surface area contributed by atoms with Gasteiger partial charge in [-0.05, 0) is 41.2 Å². The molecule has 34 heavy (non-hydrogen) atoms. The number of amides is 1. The monoisotopic (exact) mass is 478 g/mol. The standard InChI is InChI=1S/C25H26N4O4S/c1-4-20-22(24(31)33-3)23(17-8-5-9-19(11-17)32-2)29-18(15-34-25(29)28-20)12-21(30)27-14-16-7-6-10-26-13-16/h5-11,13,15,23H,4,12,14H2,1-3H3,(H,27,30)/t23-/m0/s1. The van der Waals surface area contributed by atoms with Crippen molar-refractivity contribution in [1.82, 2.24) is 15.2 Å². The predicted octanol–water partition coefficient (Wildman–Crippen LogP) is 3.93. The number of nitrogens with zero attached hydrogens (tertiary/aromatic N) is 3. The Morgan fingerprint density at radius 1 is 1.21 bits per heavy atom. The van der Waals surface area contributed by atoms with Gasteiger partial charge in [0, 0.05) is 24.6 Å². The first-order chi connectivity index (χ1) is 16.5. The van der Waals surface area contributed by atoms with Gasteiger partial charge in [-0.25, -0.2) is 9.79 Å². The third kappa shape index (κ3) is 4.84. The van der Waals surface area contributed by atoms with Crippen LogP contribution in [-0.2, 0) is 20.9 Å². The van der Waals surface area contributed by atoms with Gasteiger partial charge >= 0.3 is 5.97 Å². The van der Waals surface area contributed by atoms with E-state index in [0.717, 1.165) is 22.0 Å². The number of carbonyl (C=O) groups is 2. The van der Waals surface area contributed by atoms with Gasteiger partial charge in [0.25, 0.3) is 0 Å². The van der Waals surface area contributed by atoms with Crippen LogP contribution in [0.5, 0.6) is 5.75 Å². The summed E-state index contributed by atoms with van der Waals surface area (Å²) < 4.78 is 10.6. The molecule has 0 saturated heterocycles. The third-order valence-corrected chi connectivity index (χ3v) is 6.48. The molecule has 2 aliphatic rings. The molecule has 8 nitrogen and oxygen atoms in total. The molecule has 0 bridgehead atoms. The summed E-state index contributed by atoms with van der Waals surface area (Å²) in [5.74, 6) is 0.103. The molecule has 0 radical (unpaired) electrons. The van der Waals surface area contributed by atoms with E-state index in [1.54, 1.807) is 19.5 Å². The molecule has 0 saturated carbocycles. The molecule has 4 rings (SSSR count). The SMILES string of the molecule is CCC1=C(C(=O)OC)[C@H](c2cccc(OC)c2)N2C(CC(=O)NCc3cccnc3)=CSC2=N1. The summed E-state index contributed by atoms with van der Waals surface area (Å²) in [7, 11) is 2.97. The fourth-order valence-electron chi connectivity index (χ4n) is 3.97. The van der Waals surface area contributed by atoms with Crippen molar-refractivity contribution in [2.45, 2.75) is 32.4 Å². The van der Waals surface area contributed by atoms with E-state index in [1.807, 2.05) is 53.6 Å². The van der Waals surface area contributed by atoms with Crippen molar-refractivity contribution in [3.05, 3.63) is 82.3 Å². The lowest BCUT2D eigenvalue weighted by Gasteiger charge is -2.36. The van der Waals surface area contributed by atoms with Gasteiger partial charge < -0.3 is 19.7 Å². The molecule has 2 aliphatic heterocycles. The van der Waals surface area contributed by atoms with Gasteiger partial charge in [0.15, 0.2) is 5.17 Å². The van der Waals surface area contributed by atoms with Crippen LogP contribution in [0.15, 0.2) is 76.2 Å². The molecule has 2 aromatic rings. The largest absolute Gasteiger partial charge is 0.497 e. The highest BCUT2D eigenvalue weighted by Gasteiger charge is 2.41. The number of methoxy groups -OCH3 is 2. The second-order valence-corrected chi connectivity index (χ2v) is 8.53. The first kappa shape index (κ1) is 23.6. The highest BCUT2D eigenvalue weighted by molar-refractivity contribution is 8.16. The number of aromatic nitrogens is 1. The Hall–Kier alpha value is -3.59. The number of ether oxygens (including phenoxy) is 2. The molecule has 9 heteroatoms. The molecule has 0 spiro atoms. The van der Waals surface area contributed by atoms with Crippen LogP contribution >= 0.6 is 11.8 Å². The maximum atomic E-state index is 12.9. The van der Waals surface area contributed by atoms with Crippen LogP contribution in [0.1, 0.15) is 36.9 Å². The Balaban J connectivity index is 1.65. The van der Waals surface area contributed by atoms with Crippen molar-refractivity contribution < 1.29 is 19.1 Å². The molecule has 1 aromatic carbocycles. The minimum Gasteiger partial charge on any atom is -0.497 e. The maximum absolute atomic E-state index is 12.9. The molecule has 1 aromatic heterocycles. The van der Waals surface area contributed by atoms with Crippen molar-refractivity contribution in [2.75, 3.05) is 14.2 Å². The Morgan fingerprint density at radius 2 is 2.06 bits per heavy atom. The highest BCUT2D eigenvalue weighted by Crippen LogP contribution is 2.45. The lowest BCUT2D eigenvalue weighted by molar-refractivity contribution is -0.136. The molecule has 0 aliphatic carbocycles. The van der Waals surface area contributed by atoms with Gasteiger partial charge in [0.1, 0.15) is 5.75 Å². The van der Waals surface area contributed by atoms with E-state index in [2.05, 4.69) is 10.3 Å². The fraction of sp³-hybridized carbons (Fsp3) is 0.280. The van der Waals surface area contributed by atoms with Crippen LogP contribution in [0.2, 0.25) is 0 Å². The van der Waals surface area contributed by atoms with E-state index in [1.165, 1.54) is 18.9 Å². The fourth-order valence-corrected chi connectivity index (χ4v) is 4.91. The van der Waals surface area contributed by atoms with Crippen LogP contribution in [0.3, 0.4) is 0 Å². The molecule has 176 valence electrons. The Labute approximate surface area is 202 Å². The number of thioether (sulfide) groups is 1. The topological polar surface area (TPSA) is 93.1 Å². The number of benzene rings is 1. The summed E-state index contributed by atoms with van der Waals surface area (Å²) in [5, 5.41) is 5.59. The Bertz CT molecular complexity index is 1180. The molecule has 1 N–H and O–H groups in total. The molecule has 0 fully saturated rings. The van der Waals surface area contributed by atoms with E-state index in [0.29, 0.717) is 30.0 Å². The number of esters is 1. The molecule has 0 unspecified atom stereocenters. The van der Waals surface area contributed by atoms with Crippen LogP contribution in [0.4, 0.5) is 0 Å². The van der Waals surface area contributed by atoms with Crippen LogP contribution in [0, 0.1) is 0 Å². The highest BCUT2D eigenvalue weighted by atomic mass is 32.2. The average molecular weight is 479 g/mol. The van der Waals surface area contributed by atoms with Crippen LogP contribution < -0.4 is 10.1 Å². The van der Waals surface area contributed by atoms with E-state index in [-0.39, 0.29) is 12.3 Å². The zero-order valence-electron chi connectivity index (χ0n) is 19.3. The second-order valence-electron chi connectivity index (χ2n) is 7.69. The van der Waals surface area contributed by atoms with E-state index in [9.17, 15) is 9.59 Å². The van der Waals surface area contributed by atoms with Crippen molar-refractivity contribution in [2.24, 2.45) is 4.99 Å². The zero-order chi connectivity index (χ0) is 24.1. The van der Waals surface area contributed by atoms with Crippen LogP contribution in [-0.4, -0.2) is 41.1 Å². The number of carbonyl (C=O) groups excluding carboxylic acids is 2. The van der Waals surface area contributed by atoms with Crippen LogP contribution in [0.25, 0.3) is 0 Å². The summed E-state index contributed by atoms with van der Waals surface area (Å²) in [4.78, 5) is 36.5. The number of nitrogens with one attached hydrogen (secondary N) is 1. The van der Waals surface area contributed by atoms with E-state index < -0.39 is 12.0 Å². The summed E-state index contributed by atoms with van der Waals surface area (Å²) in [6, 6.07) is 10.8. The van der Waals surface area contributed by atoms with Gasteiger partial charge in [-0.15, -0.1) is 0 Å². The van der Waals surface area contributed by atoms with Gasteiger partial charge in [-0.2, -0.15) is 0 Å². The summed E-state index contributed by atoms with van der Waals surface area (Å²) in [5.41, 5.74) is 3.67. The summed E-state index contributed by atoms with van der Waals surface area (Å²) >= 11 is 1.45. The van der Waals surface area contributed by atoms with E-state index in [4.69, 9.17) is 14.5 Å². The van der Waals surface area contributed by atoms with Gasteiger partial charge in [0.05, 0.1) is 38.0 Å². The van der Waals surface area contributed by atoms with E-state index >= 15 is 0 Å². The predicted molar refractivity (Wildman–Crippen MR) is 131 cm³/mol. The van der Waals surface area contributed by atoms with Crippen molar-refractivity contribution >= 4 is 28.8 Å². The average Bonchev–Trinajstić information content (AvgIpc) is 3.28. The minimum atomic E-state index is -0.489. The number of pyridine rings is 1. The first-order valence-electron chi connectivity index (χ1n) is 10.9. The second kappa shape index (κ2) is 10.6. The van der Waals surface area contributed by atoms with Gasteiger partial charge in [0.2, 0.25) is 5.91 Å². The van der Waals surface area contributed by atoms with Crippen molar-refractivity contribution in [1.29, 1.82) is 0 Å². The van der Waals surface area contributed by atoms with Gasteiger partial charge in [-0.1, -0.05) is 36.9 Å². The quantitative estimate of drug-likeness (QED) is 0.575. The Kier molecular flexibility index (Phi) is 7.32. The van der Waals surface area contributed by atoms with Gasteiger partial charge in [-0.3, -0.25) is 9.78 Å². The minimum absolute atomic E-state index is 0.133. The molecule has 1 amide bonds. The van der Waals surface area contributed by atoms with Crippen molar-refractivity contribution in [3.8, 4) is 5.75 Å². The molecule has 1 atom stereocenters. The lowest BCUT2D eigenvalue weighted by Crippen LogP contribution is -2.38. The molecule has 3 heterocycles. The summed E-state index contributed by atoms with van der Waals surface area (Å²) in [6.07, 6.45) is 4.13. The number of rotatable bonds is 8.